The van der Waals surface area contributed by atoms with E-state index >= 15 is 0 Å². The fourth-order valence-electron chi connectivity index (χ4n) is 1.41. The molecule has 0 aliphatic rings. The fourth-order valence-corrected chi connectivity index (χ4v) is 1.41. The summed E-state index contributed by atoms with van der Waals surface area (Å²) in [6.07, 6.45) is -0.797. The zero-order valence-electron chi connectivity index (χ0n) is 8.73. The Hall–Kier alpha value is -1.06. The first-order valence-corrected chi connectivity index (χ1v) is 4.54. The van der Waals surface area contributed by atoms with E-state index in [-0.39, 0.29) is 6.10 Å². The molecule has 0 aliphatic heterocycles. The summed E-state index contributed by atoms with van der Waals surface area (Å²) in [4.78, 5) is 0. The molecule has 78 valence electrons. The van der Waals surface area contributed by atoms with Crippen LogP contribution >= 0.6 is 0 Å². The Morgan fingerprint density at radius 1 is 1.14 bits per heavy atom. The Morgan fingerprint density at radius 2 is 1.71 bits per heavy atom. The molecule has 0 saturated heterocycles. The quantitative estimate of drug-likeness (QED) is 0.797. The van der Waals surface area contributed by atoms with Gasteiger partial charge >= 0.3 is 0 Å². The Kier molecular flexibility index (Phi) is 3.92. The molecular formula is C11H16O3. The van der Waals surface area contributed by atoms with Crippen LogP contribution in [0.25, 0.3) is 0 Å². The molecule has 0 radical (unpaired) electrons. The van der Waals surface area contributed by atoms with E-state index in [1.54, 1.807) is 21.1 Å². The van der Waals surface area contributed by atoms with Crippen molar-refractivity contribution in [1.29, 1.82) is 0 Å². The molecule has 0 spiro atoms. The number of benzene rings is 1. The van der Waals surface area contributed by atoms with E-state index in [9.17, 15) is 5.11 Å². The lowest BCUT2D eigenvalue weighted by Gasteiger charge is -2.18. The third-order valence-corrected chi connectivity index (χ3v) is 2.14. The molecule has 14 heavy (non-hydrogen) atoms. The molecule has 0 bridgehead atoms. The molecule has 0 fully saturated rings. The smallest absolute Gasteiger partial charge is 0.118 e. The number of ether oxygens (including phenoxy) is 2. The minimum Gasteiger partial charge on any atom is -0.497 e. The second kappa shape index (κ2) is 4.98. The van der Waals surface area contributed by atoms with Crippen LogP contribution < -0.4 is 4.74 Å². The summed E-state index contributed by atoms with van der Waals surface area (Å²) in [7, 11) is 3.21. The van der Waals surface area contributed by atoms with Crippen LogP contribution in [0, 0.1) is 0 Å². The Bertz CT molecular complexity index is 266. The van der Waals surface area contributed by atoms with Crippen molar-refractivity contribution in [2.75, 3.05) is 14.2 Å². The van der Waals surface area contributed by atoms with Gasteiger partial charge in [-0.2, -0.15) is 0 Å². The van der Waals surface area contributed by atoms with Crippen molar-refractivity contribution in [2.24, 2.45) is 0 Å². The standard InChI is InChI=1S/C11H16O3/c1-8(12)11(14-3)9-4-6-10(13-2)7-5-9/h4-8,11-12H,1-3H3/t8-,11+/m1/s1. The van der Waals surface area contributed by atoms with E-state index in [1.807, 2.05) is 24.3 Å². The van der Waals surface area contributed by atoms with Crippen molar-refractivity contribution >= 4 is 0 Å². The molecule has 1 aromatic carbocycles. The molecule has 0 unspecified atom stereocenters. The van der Waals surface area contributed by atoms with E-state index in [0.717, 1.165) is 11.3 Å². The molecule has 0 amide bonds. The van der Waals surface area contributed by atoms with Crippen LogP contribution in [-0.4, -0.2) is 25.4 Å². The normalized spacial score (nSPS) is 14.9. The average molecular weight is 196 g/mol. The summed E-state index contributed by atoms with van der Waals surface area (Å²) in [6, 6.07) is 7.48. The van der Waals surface area contributed by atoms with Crippen LogP contribution in [0.2, 0.25) is 0 Å². The van der Waals surface area contributed by atoms with Crippen molar-refractivity contribution < 1.29 is 14.6 Å². The number of hydrogen-bond donors (Lipinski definition) is 1. The summed E-state index contributed by atoms with van der Waals surface area (Å²) in [5, 5.41) is 9.44. The molecule has 0 heterocycles. The predicted octanol–water partition coefficient (Wildman–Crippen LogP) is 1.76. The number of aliphatic hydroxyl groups excluding tert-OH is 1. The van der Waals surface area contributed by atoms with E-state index < -0.39 is 6.10 Å². The molecule has 0 aromatic heterocycles. The zero-order valence-corrected chi connectivity index (χ0v) is 8.73. The highest BCUT2D eigenvalue weighted by molar-refractivity contribution is 5.28. The summed E-state index contributed by atoms with van der Waals surface area (Å²) in [6.45, 7) is 1.71. The topological polar surface area (TPSA) is 38.7 Å². The van der Waals surface area contributed by atoms with Crippen molar-refractivity contribution in [3.05, 3.63) is 29.8 Å². The maximum absolute atomic E-state index is 9.44. The molecule has 3 heteroatoms. The van der Waals surface area contributed by atoms with Gasteiger partial charge in [-0.05, 0) is 24.6 Å². The van der Waals surface area contributed by atoms with Crippen LogP contribution in [0.4, 0.5) is 0 Å². The van der Waals surface area contributed by atoms with Gasteiger partial charge in [0.1, 0.15) is 11.9 Å². The molecule has 2 atom stereocenters. The fraction of sp³-hybridized carbons (Fsp3) is 0.455. The van der Waals surface area contributed by atoms with E-state index in [4.69, 9.17) is 9.47 Å². The van der Waals surface area contributed by atoms with Crippen LogP contribution in [-0.2, 0) is 4.74 Å². The molecular weight excluding hydrogens is 180 g/mol. The Balaban J connectivity index is 2.84. The third-order valence-electron chi connectivity index (χ3n) is 2.14. The number of methoxy groups -OCH3 is 2. The molecule has 1 aromatic rings. The maximum atomic E-state index is 9.44. The lowest BCUT2D eigenvalue weighted by molar-refractivity contribution is -0.00350. The summed E-state index contributed by atoms with van der Waals surface area (Å²) < 4.78 is 10.2. The summed E-state index contributed by atoms with van der Waals surface area (Å²) in [5.74, 6) is 0.800. The van der Waals surface area contributed by atoms with Crippen molar-refractivity contribution in [3.63, 3.8) is 0 Å². The van der Waals surface area contributed by atoms with Crippen LogP contribution in [0.3, 0.4) is 0 Å². The van der Waals surface area contributed by atoms with Crippen LogP contribution in [0.1, 0.15) is 18.6 Å². The van der Waals surface area contributed by atoms with Gasteiger partial charge in [0, 0.05) is 7.11 Å². The highest BCUT2D eigenvalue weighted by atomic mass is 16.5. The first-order valence-electron chi connectivity index (χ1n) is 4.54. The first kappa shape index (κ1) is 11.0. The van der Waals surface area contributed by atoms with Crippen molar-refractivity contribution in [1.82, 2.24) is 0 Å². The van der Waals surface area contributed by atoms with Crippen molar-refractivity contribution in [2.45, 2.75) is 19.1 Å². The molecule has 0 saturated carbocycles. The average Bonchev–Trinajstić information content (AvgIpc) is 2.19. The minimum atomic E-state index is -0.520. The SMILES string of the molecule is COc1ccc([C@@H](OC)[C@@H](C)O)cc1. The monoisotopic (exact) mass is 196 g/mol. The van der Waals surface area contributed by atoms with Gasteiger partial charge in [0.2, 0.25) is 0 Å². The molecule has 1 N–H and O–H groups in total. The van der Waals surface area contributed by atoms with Gasteiger partial charge in [0.05, 0.1) is 13.2 Å². The van der Waals surface area contributed by atoms with Crippen LogP contribution in [0.15, 0.2) is 24.3 Å². The minimum absolute atomic E-state index is 0.277. The highest BCUT2D eigenvalue weighted by Crippen LogP contribution is 2.22. The first-order chi connectivity index (χ1) is 6.69. The predicted molar refractivity (Wildman–Crippen MR) is 54.4 cm³/mol. The molecule has 3 nitrogen and oxygen atoms in total. The van der Waals surface area contributed by atoms with Gasteiger partial charge < -0.3 is 14.6 Å². The van der Waals surface area contributed by atoms with Gasteiger partial charge in [-0.1, -0.05) is 12.1 Å². The van der Waals surface area contributed by atoms with Gasteiger partial charge in [0.25, 0.3) is 0 Å². The van der Waals surface area contributed by atoms with Gasteiger partial charge in [-0.15, -0.1) is 0 Å². The molecule has 1 rings (SSSR count). The number of rotatable bonds is 4. The lowest BCUT2D eigenvalue weighted by Crippen LogP contribution is -2.16. The number of aliphatic hydroxyl groups is 1. The van der Waals surface area contributed by atoms with Gasteiger partial charge in [0.15, 0.2) is 0 Å². The van der Waals surface area contributed by atoms with Gasteiger partial charge in [-0.25, -0.2) is 0 Å². The van der Waals surface area contributed by atoms with E-state index in [0.29, 0.717) is 0 Å². The van der Waals surface area contributed by atoms with E-state index in [2.05, 4.69) is 0 Å². The van der Waals surface area contributed by atoms with E-state index in [1.165, 1.54) is 0 Å². The maximum Gasteiger partial charge on any atom is 0.118 e. The Morgan fingerprint density at radius 3 is 2.07 bits per heavy atom. The van der Waals surface area contributed by atoms with Crippen LogP contribution in [0.5, 0.6) is 5.75 Å². The largest absolute Gasteiger partial charge is 0.497 e. The summed E-state index contributed by atoms with van der Waals surface area (Å²) >= 11 is 0. The number of hydrogen-bond acceptors (Lipinski definition) is 3. The lowest BCUT2D eigenvalue weighted by atomic mass is 10.1. The van der Waals surface area contributed by atoms with Crippen molar-refractivity contribution in [3.8, 4) is 5.75 Å². The highest BCUT2D eigenvalue weighted by Gasteiger charge is 2.15. The summed E-state index contributed by atoms with van der Waals surface area (Å²) in [5.41, 5.74) is 0.948. The zero-order chi connectivity index (χ0) is 10.6. The second-order valence-corrected chi connectivity index (χ2v) is 3.17. The van der Waals surface area contributed by atoms with Gasteiger partial charge in [-0.3, -0.25) is 0 Å². The third kappa shape index (κ3) is 2.47. The Labute approximate surface area is 84.3 Å². The molecule has 0 aliphatic carbocycles. The second-order valence-electron chi connectivity index (χ2n) is 3.17.